The lowest BCUT2D eigenvalue weighted by Gasteiger charge is -2.10. The molecule has 0 unspecified atom stereocenters. The highest BCUT2D eigenvalue weighted by Crippen LogP contribution is 2.22. The van der Waals surface area contributed by atoms with Gasteiger partial charge in [-0.1, -0.05) is 12.7 Å². The lowest BCUT2D eigenvalue weighted by Crippen LogP contribution is -2.01. The van der Waals surface area contributed by atoms with Crippen LogP contribution < -0.4 is 0 Å². The minimum atomic E-state index is -1.11. The standard InChI is InChI=1S/C15H13FN2O2/c1-10(15(19)20)4-5-12-11(2)13(16)6-7-14(12)18-9-3-8-17-18/h3-9H,1H2,2H3,(H,19,20)/b5-4-. The van der Waals surface area contributed by atoms with Crippen molar-refractivity contribution >= 4 is 12.0 Å². The molecule has 0 aliphatic rings. The SMILES string of the molecule is C=C(/C=C\c1c(-n2cccn2)ccc(F)c1C)C(=O)O. The van der Waals surface area contributed by atoms with Gasteiger partial charge in [-0.3, -0.25) is 0 Å². The summed E-state index contributed by atoms with van der Waals surface area (Å²) in [6.07, 6.45) is 6.22. The van der Waals surface area contributed by atoms with Gasteiger partial charge in [0.15, 0.2) is 0 Å². The number of carbonyl (C=O) groups is 1. The topological polar surface area (TPSA) is 55.1 Å². The molecule has 20 heavy (non-hydrogen) atoms. The third-order valence-electron chi connectivity index (χ3n) is 2.90. The van der Waals surface area contributed by atoms with Gasteiger partial charge in [0, 0.05) is 18.0 Å². The highest BCUT2D eigenvalue weighted by molar-refractivity contribution is 5.90. The highest BCUT2D eigenvalue weighted by atomic mass is 19.1. The van der Waals surface area contributed by atoms with Crippen molar-refractivity contribution in [1.29, 1.82) is 0 Å². The van der Waals surface area contributed by atoms with Crippen LogP contribution >= 0.6 is 0 Å². The summed E-state index contributed by atoms with van der Waals surface area (Å²) < 4.78 is 15.3. The highest BCUT2D eigenvalue weighted by Gasteiger charge is 2.10. The number of aliphatic carboxylic acids is 1. The molecular weight excluding hydrogens is 259 g/mol. The number of carboxylic acids is 1. The maximum absolute atomic E-state index is 13.7. The molecule has 0 fully saturated rings. The number of halogens is 1. The monoisotopic (exact) mass is 272 g/mol. The summed E-state index contributed by atoms with van der Waals surface area (Å²) in [7, 11) is 0. The van der Waals surface area contributed by atoms with Gasteiger partial charge < -0.3 is 5.11 Å². The van der Waals surface area contributed by atoms with Crippen molar-refractivity contribution in [1.82, 2.24) is 9.78 Å². The second-order valence-corrected chi connectivity index (χ2v) is 4.22. The first-order chi connectivity index (χ1) is 9.50. The van der Waals surface area contributed by atoms with Gasteiger partial charge in [0.05, 0.1) is 11.3 Å². The van der Waals surface area contributed by atoms with E-state index in [4.69, 9.17) is 5.11 Å². The van der Waals surface area contributed by atoms with Crippen molar-refractivity contribution in [3.63, 3.8) is 0 Å². The molecule has 102 valence electrons. The first-order valence-electron chi connectivity index (χ1n) is 5.90. The molecule has 0 radical (unpaired) electrons. The van der Waals surface area contributed by atoms with Crippen molar-refractivity contribution < 1.29 is 14.3 Å². The molecule has 0 amide bonds. The minimum Gasteiger partial charge on any atom is -0.478 e. The first-order valence-corrected chi connectivity index (χ1v) is 5.90. The molecule has 1 aromatic heterocycles. The van der Waals surface area contributed by atoms with Crippen LogP contribution in [0.3, 0.4) is 0 Å². The van der Waals surface area contributed by atoms with Crippen molar-refractivity contribution in [2.75, 3.05) is 0 Å². The largest absolute Gasteiger partial charge is 0.478 e. The zero-order valence-corrected chi connectivity index (χ0v) is 10.9. The molecular formula is C15H13FN2O2. The Labute approximate surface area is 115 Å². The molecule has 5 heteroatoms. The number of rotatable bonds is 4. The first kappa shape index (κ1) is 13.7. The average molecular weight is 272 g/mol. The van der Waals surface area contributed by atoms with E-state index in [-0.39, 0.29) is 11.4 Å². The lowest BCUT2D eigenvalue weighted by atomic mass is 10.0. The molecule has 1 aromatic carbocycles. The predicted molar refractivity (Wildman–Crippen MR) is 74.1 cm³/mol. The summed E-state index contributed by atoms with van der Waals surface area (Å²) >= 11 is 0. The molecule has 1 heterocycles. The summed E-state index contributed by atoms with van der Waals surface area (Å²) in [5.41, 5.74) is 1.59. The maximum Gasteiger partial charge on any atom is 0.335 e. The van der Waals surface area contributed by atoms with E-state index in [2.05, 4.69) is 11.7 Å². The molecule has 2 aromatic rings. The van der Waals surface area contributed by atoms with Gasteiger partial charge in [-0.15, -0.1) is 0 Å². The van der Waals surface area contributed by atoms with Gasteiger partial charge >= 0.3 is 5.97 Å². The fourth-order valence-corrected chi connectivity index (χ4v) is 1.76. The van der Waals surface area contributed by atoms with E-state index in [0.717, 1.165) is 0 Å². The van der Waals surface area contributed by atoms with Crippen LogP contribution in [0, 0.1) is 12.7 Å². The number of aromatic nitrogens is 2. The van der Waals surface area contributed by atoms with Crippen molar-refractivity contribution in [2.24, 2.45) is 0 Å². The zero-order chi connectivity index (χ0) is 14.7. The number of benzene rings is 1. The molecule has 0 aliphatic heterocycles. The maximum atomic E-state index is 13.7. The van der Waals surface area contributed by atoms with Gasteiger partial charge in [-0.05, 0) is 36.8 Å². The number of hydrogen-bond acceptors (Lipinski definition) is 2. The lowest BCUT2D eigenvalue weighted by molar-refractivity contribution is -0.132. The van der Waals surface area contributed by atoms with E-state index in [1.54, 1.807) is 36.1 Å². The van der Waals surface area contributed by atoms with Gasteiger partial charge in [0.1, 0.15) is 5.82 Å². The fraction of sp³-hybridized carbons (Fsp3) is 0.0667. The Balaban J connectivity index is 2.52. The second kappa shape index (κ2) is 5.52. The Morgan fingerprint density at radius 2 is 2.25 bits per heavy atom. The van der Waals surface area contributed by atoms with E-state index in [1.807, 2.05) is 0 Å². The number of hydrogen-bond donors (Lipinski definition) is 1. The fourth-order valence-electron chi connectivity index (χ4n) is 1.76. The molecule has 0 saturated heterocycles. The average Bonchev–Trinajstić information content (AvgIpc) is 2.93. The number of nitrogens with zero attached hydrogens (tertiary/aromatic N) is 2. The van der Waals surface area contributed by atoms with Crippen molar-refractivity contribution in [3.05, 3.63) is 65.8 Å². The molecule has 4 nitrogen and oxygen atoms in total. The predicted octanol–water partition coefficient (Wildman–Crippen LogP) is 2.97. The van der Waals surface area contributed by atoms with Gasteiger partial charge in [0.2, 0.25) is 0 Å². The zero-order valence-electron chi connectivity index (χ0n) is 10.9. The Morgan fingerprint density at radius 1 is 1.50 bits per heavy atom. The molecule has 0 saturated carbocycles. The van der Waals surface area contributed by atoms with Gasteiger partial charge in [0.25, 0.3) is 0 Å². The Kier molecular flexibility index (Phi) is 3.79. The summed E-state index contributed by atoms with van der Waals surface area (Å²) in [6.45, 7) is 5.04. The third-order valence-corrected chi connectivity index (χ3v) is 2.90. The van der Waals surface area contributed by atoms with Crippen LogP contribution in [-0.4, -0.2) is 20.9 Å². The van der Waals surface area contributed by atoms with E-state index >= 15 is 0 Å². The summed E-state index contributed by atoms with van der Waals surface area (Å²) in [5.74, 6) is -1.47. The van der Waals surface area contributed by atoms with Crippen LogP contribution in [0.1, 0.15) is 11.1 Å². The van der Waals surface area contributed by atoms with Crippen molar-refractivity contribution in [3.8, 4) is 5.69 Å². The summed E-state index contributed by atoms with van der Waals surface area (Å²) in [5, 5.41) is 12.9. The second-order valence-electron chi connectivity index (χ2n) is 4.22. The van der Waals surface area contributed by atoms with Crippen LogP contribution in [0.4, 0.5) is 4.39 Å². The Hall–Kier alpha value is -2.69. The van der Waals surface area contributed by atoms with E-state index in [0.29, 0.717) is 16.8 Å². The van der Waals surface area contributed by atoms with Crippen LogP contribution in [0.5, 0.6) is 0 Å². The summed E-state index contributed by atoms with van der Waals surface area (Å²) in [4.78, 5) is 10.7. The van der Waals surface area contributed by atoms with Crippen LogP contribution in [0.15, 0.2) is 48.8 Å². The number of carboxylic acid groups (broad SMARTS) is 1. The normalized spacial score (nSPS) is 10.9. The molecule has 0 bridgehead atoms. The van der Waals surface area contributed by atoms with Crippen molar-refractivity contribution in [2.45, 2.75) is 6.92 Å². The van der Waals surface area contributed by atoms with Crippen LogP contribution in [0.2, 0.25) is 0 Å². The summed E-state index contributed by atoms with van der Waals surface area (Å²) in [6, 6.07) is 4.70. The van der Waals surface area contributed by atoms with Gasteiger partial charge in [-0.2, -0.15) is 5.10 Å². The Bertz CT molecular complexity index is 688. The van der Waals surface area contributed by atoms with Gasteiger partial charge in [-0.25, -0.2) is 13.9 Å². The van der Waals surface area contributed by atoms with Crippen LogP contribution in [0.25, 0.3) is 11.8 Å². The molecule has 0 atom stereocenters. The smallest absolute Gasteiger partial charge is 0.335 e. The molecule has 2 rings (SSSR count). The van der Waals surface area contributed by atoms with E-state index in [1.165, 1.54) is 18.2 Å². The quantitative estimate of drug-likeness (QED) is 0.687. The van der Waals surface area contributed by atoms with E-state index < -0.39 is 5.97 Å². The molecule has 0 aliphatic carbocycles. The molecule has 1 N–H and O–H groups in total. The third kappa shape index (κ3) is 2.66. The Morgan fingerprint density at radius 3 is 2.85 bits per heavy atom. The minimum absolute atomic E-state index is 0.0694. The molecule has 0 spiro atoms. The van der Waals surface area contributed by atoms with E-state index in [9.17, 15) is 9.18 Å². The van der Waals surface area contributed by atoms with Crippen LogP contribution in [-0.2, 0) is 4.79 Å².